The predicted octanol–water partition coefficient (Wildman–Crippen LogP) is 2.79. The van der Waals surface area contributed by atoms with Gasteiger partial charge in [0.1, 0.15) is 0 Å². The van der Waals surface area contributed by atoms with Crippen molar-refractivity contribution in [2.45, 2.75) is 39.2 Å². The lowest BCUT2D eigenvalue weighted by Gasteiger charge is -2.42. The van der Waals surface area contributed by atoms with Gasteiger partial charge in [-0.15, -0.1) is 0 Å². The van der Waals surface area contributed by atoms with Crippen molar-refractivity contribution >= 4 is 0 Å². The zero-order chi connectivity index (χ0) is 12.3. The molecule has 2 rings (SSSR count). The third-order valence-electron chi connectivity index (χ3n) is 4.45. The summed E-state index contributed by atoms with van der Waals surface area (Å²) in [6.07, 6.45) is 7.39. The molecule has 0 aliphatic carbocycles. The summed E-state index contributed by atoms with van der Waals surface area (Å²) in [5.41, 5.74) is 7.66. The monoisotopic (exact) mass is 236 g/mol. The summed E-state index contributed by atoms with van der Waals surface area (Å²) in [5.74, 6) is 0. The minimum atomic E-state index is 0.329. The lowest BCUT2D eigenvalue weighted by molar-refractivity contribution is 0.0827. The van der Waals surface area contributed by atoms with Gasteiger partial charge in [0.2, 0.25) is 0 Å². The molecule has 0 saturated carbocycles. The second-order valence-corrected chi connectivity index (χ2v) is 5.51. The first-order valence-electron chi connectivity index (χ1n) is 6.65. The van der Waals surface area contributed by atoms with Gasteiger partial charge in [-0.1, -0.05) is 20.3 Å². The number of nitrogens with two attached hydrogens (primary N) is 1. The van der Waals surface area contributed by atoms with Gasteiger partial charge in [0.05, 0.1) is 18.6 Å². The third-order valence-corrected chi connectivity index (χ3v) is 4.45. The third kappa shape index (κ3) is 2.72. The molecular formula is C14H24N2O. The average Bonchev–Trinajstić information content (AvgIpc) is 2.87. The van der Waals surface area contributed by atoms with E-state index in [2.05, 4.69) is 18.7 Å². The summed E-state index contributed by atoms with van der Waals surface area (Å²) in [5, 5.41) is 0. The highest BCUT2D eigenvalue weighted by molar-refractivity contribution is 5.12. The van der Waals surface area contributed by atoms with Crippen molar-refractivity contribution in [3.05, 3.63) is 24.2 Å². The van der Waals surface area contributed by atoms with Crippen LogP contribution in [0.2, 0.25) is 0 Å². The zero-order valence-corrected chi connectivity index (χ0v) is 11.0. The van der Waals surface area contributed by atoms with E-state index >= 15 is 0 Å². The van der Waals surface area contributed by atoms with Crippen LogP contribution in [0.5, 0.6) is 0 Å². The van der Waals surface area contributed by atoms with Crippen molar-refractivity contribution in [3.8, 4) is 0 Å². The highest BCUT2D eigenvalue weighted by Gasteiger charge is 2.31. The molecule has 0 aromatic carbocycles. The molecule has 0 bridgehead atoms. The van der Waals surface area contributed by atoms with E-state index in [1.54, 1.807) is 6.26 Å². The van der Waals surface area contributed by atoms with E-state index < -0.39 is 0 Å². The van der Waals surface area contributed by atoms with E-state index in [9.17, 15) is 0 Å². The molecule has 1 aromatic heterocycles. The number of hydrogen-bond donors (Lipinski definition) is 1. The van der Waals surface area contributed by atoms with Gasteiger partial charge in [-0.2, -0.15) is 0 Å². The molecule has 96 valence electrons. The maximum absolute atomic E-state index is 5.91. The van der Waals surface area contributed by atoms with Gasteiger partial charge in [0, 0.05) is 12.1 Å². The lowest BCUT2D eigenvalue weighted by Crippen LogP contribution is -2.42. The molecule has 1 aliphatic rings. The summed E-state index contributed by atoms with van der Waals surface area (Å²) in [7, 11) is 0. The minimum absolute atomic E-state index is 0.329. The molecule has 1 unspecified atom stereocenters. The molecular weight excluding hydrogens is 212 g/mol. The van der Waals surface area contributed by atoms with Gasteiger partial charge < -0.3 is 10.2 Å². The fourth-order valence-electron chi connectivity index (χ4n) is 2.69. The van der Waals surface area contributed by atoms with E-state index in [1.165, 1.54) is 24.8 Å². The summed E-state index contributed by atoms with van der Waals surface area (Å²) in [6.45, 7) is 7.67. The quantitative estimate of drug-likeness (QED) is 0.874. The Balaban J connectivity index is 2.00. The van der Waals surface area contributed by atoms with Crippen LogP contribution in [0.1, 0.15) is 44.7 Å². The van der Waals surface area contributed by atoms with E-state index in [4.69, 9.17) is 10.2 Å². The number of nitrogens with zero attached hydrogens (tertiary/aromatic N) is 1. The van der Waals surface area contributed by atoms with Crippen molar-refractivity contribution in [1.29, 1.82) is 0 Å². The number of furan rings is 1. The smallest absolute Gasteiger partial charge is 0.0950 e. The van der Waals surface area contributed by atoms with Crippen molar-refractivity contribution in [2.75, 3.05) is 19.6 Å². The zero-order valence-electron chi connectivity index (χ0n) is 11.0. The van der Waals surface area contributed by atoms with Gasteiger partial charge in [0.15, 0.2) is 0 Å². The largest absolute Gasteiger partial charge is 0.472 e. The Kier molecular flexibility index (Phi) is 3.89. The van der Waals surface area contributed by atoms with Gasteiger partial charge in [-0.05, 0) is 37.4 Å². The second kappa shape index (κ2) is 5.23. The molecule has 17 heavy (non-hydrogen) atoms. The maximum Gasteiger partial charge on any atom is 0.0950 e. The number of likely N-dealkylation sites (tertiary alicyclic amines) is 1. The number of piperidine rings is 1. The van der Waals surface area contributed by atoms with Crippen molar-refractivity contribution in [3.63, 3.8) is 0 Å². The Bertz CT molecular complexity index is 326. The summed E-state index contributed by atoms with van der Waals surface area (Å²) < 4.78 is 5.17. The molecule has 3 heteroatoms. The van der Waals surface area contributed by atoms with Crippen LogP contribution >= 0.6 is 0 Å². The SMILES string of the molecule is CCC1(C)CCN(C(CN)c2ccoc2)CC1. The minimum Gasteiger partial charge on any atom is -0.472 e. The average molecular weight is 236 g/mol. The highest BCUT2D eigenvalue weighted by atomic mass is 16.3. The molecule has 1 atom stereocenters. The van der Waals surface area contributed by atoms with Crippen molar-refractivity contribution in [2.24, 2.45) is 11.1 Å². The first-order chi connectivity index (χ1) is 8.18. The fraction of sp³-hybridized carbons (Fsp3) is 0.714. The molecule has 2 heterocycles. The van der Waals surface area contributed by atoms with E-state index in [0.717, 1.165) is 13.1 Å². The van der Waals surface area contributed by atoms with Crippen LogP contribution in [0.4, 0.5) is 0 Å². The normalized spacial score (nSPS) is 22.5. The summed E-state index contributed by atoms with van der Waals surface area (Å²) in [6, 6.07) is 2.36. The Morgan fingerprint density at radius 2 is 2.18 bits per heavy atom. The first-order valence-corrected chi connectivity index (χ1v) is 6.65. The summed E-state index contributed by atoms with van der Waals surface area (Å²) in [4.78, 5) is 2.50. The fourth-order valence-corrected chi connectivity index (χ4v) is 2.69. The Labute approximate surface area is 104 Å². The topological polar surface area (TPSA) is 42.4 Å². The molecule has 3 nitrogen and oxygen atoms in total. The van der Waals surface area contributed by atoms with Crippen LogP contribution in [0.25, 0.3) is 0 Å². The lowest BCUT2D eigenvalue weighted by atomic mass is 9.78. The van der Waals surface area contributed by atoms with Gasteiger partial charge in [0.25, 0.3) is 0 Å². The van der Waals surface area contributed by atoms with E-state index in [-0.39, 0.29) is 0 Å². The molecule has 0 amide bonds. The Hall–Kier alpha value is -0.800. The van der Waals surface area contributed by atoms with Crippen LogP contribution < -0.4 is 5.73 Å². The molecule has 2 N–H and O–H groups in total. The van der Waals surface area contributed by atoms with Crippen molar-refractivity contribution < 1.29 is 4.42 Å². The highest BCUT2D eigenvalue weighted by Crippen LogP contribution is 2.36. The standard InChI is InChI=1S/C14H24N2O/c1-3-14(2)5-7-16(8-6-14)13(10-15)12-4-9-17-11-12/h4,9,11,13H,3,5-8,10,15H2,1-2H3. The van der Waals surface area contributed by atoms with Crippen LogP contribution in [0.3, 0.4) is 0 Å². The number of hydrogen-bond acceptors (Lipinski definition) is 3. The van der Waals surface area contributed by atoms with Crippen LogP contribution in [-0.2, 0) is 0 Å². The van der Waals surface area contributed by atoms with Gasteiger partial charge in [-0.3, -0.25) is 4.90 Å². The van der Waals surface area contributed by atoms with E-state index in [1.807, 2.05) is 12.3 Å². The molecule has 1 saturated heterocycles. The Morgan fingerprint density at radius 3 is 2.65 bits per heavy atom. The van der Waals surface area contributed by atoms with Crippen LogP contribution in [-0.4, -0.2) is 24.5 Å². The van der Waals surface area contributed by atoms with Crippen LogP contribution in [0.15, 0.2) is 23.0 Å². The molecule has 0 radical (unpaired) electrons. The second-order valence-electron chi connectivity index (χ2n) is 5.51. The van der Waals surface area contributed by atoms with Crippen LogP contribution in [0, 0.1) is 5.41 Å². The molecule has 1 aromatic rings. The molecule has 1 fully saturated rings. The van der Waals surface area contributed by atoms with Crippen molar-refractivity contribution in [1.82, 2.24) is 4.90 Å². The maximum atomic E-state index is 5.91. The first kappa shape index (κ1) is 12.7. The van der Waals surface area contributed by atoms with Gasteiger partial charge >= 0.3 is 0 Å². The van der Waals surface area contributed by atoms with Gasteiger partial charge in [-0.25, -0.2) is 0 Å². The molecule has 1 aliphatic heterocycles. The predicted molar refractivity (Wildman–Crippen MR) is 69.7 cm³/mol. The Morgan fingerprint density at radius 1 is 1.47 bits per heavy atom. The van der Waals surface area contributed by atoms with E-state index in [0.29, 0.717) is 18.0 Å². The number of rotatable bonds is 4. The summed E-state index contributed by atoms with van der Waals surface area (Å²) >= 11 is 0. The molecule has 0 spiro atoms.